The number of H-pyrrole nitrogens is 1. The minimum atomic E-state index is -0.0916. The minimum Gasteiger partial charge on any atom is -0.466 e. The Morgan fingerprint density at radius 1 is 1.38 bits per heavy atom. The van der Waals surface area contributed by atoms with Gasteiger partial charge >= 0.3 is 5.97 Å². The summed E-state index contributed by atoms with van der Waals surface area (Å²) in [6.07, 6.45) is 7.64. The van der Waals surface area contributed by atoms with E-state index in [4.69, 9.17) is 4.74 Å². The van der Waals surface area contributed by atoms with Crippen LogP contribution < -0.4 is 0 Å². The average Bonchev–Trinajstić information content (AvgIpc) is 2.79. The van der Waals surface area contributed by atoms with Crippen LogP contribution in [0.25, 0.3) is 0 Å². The summed E-state index contributed by atoms with van der Waals surface area (Å²) in [5.41, 5.74) is 1.09. The highest BCUT2D eigenvalue weighted by molar-refractivity contribution is 5.69. The highest BCUT2D eigenvalue weighted by Crippen LogP contribution is 2.02. The zero-order chi connectivity index (χ0) is 11.6. The van der Waals surface area contributed by atoms with E-state index >= 15 is 0 Å². The Morgan fingerprint density at radius 2 is 2.25 bits per heavy atom. The predicted molar refractivity (Wildman–Crippen MR) is 64.2 cm³/mol. The quantitative estimate of drug-likeness (QED) is 0.543. The molecule has 0 fully saturated rings. The molecule has 3 nitrogen and oxygen atoms in total. The number of esters is 1. The number of unbranched alkanes of at least 4 members (excludes halogenated alkanes) is 3. The van der Waals surface area contributed by atoms with E-state index in [2.05, 4.69) is 11.9 Å². The zero-order valence-corrected chi connectivity index (χ0v) is 10.00. The lowest BCUT2D eigenvalue weighted by Crippen LogP contribution is -2.07. The summed E-state index contributed by atoms with van der Waals surface area (Å²) < 4.78 is 5.13. The molecular weight excluding hydrogens is 202 g/mol. The number of nitrogens with one attached hydrogen (secondary N) is 1. The van der Waals surface area contributed by atoms with Crippen LogP contribution in [-0.4, -0.2) is 17.6 Å². The Morgan fingerprint density at radius 3 is 2.94 bits per heavy atom. The van der Waals surface area contributed by atoms with Gasteiger partial charge in [-0.15, -0.1) is 0 Å². The van der Waals surface area contributed by atoms with Gasteiger partial charge in [-0.05, 0) is 25.0 Å². The van der Waals surface area contributed by atoms with E-state index in [0.717, 1.165) is 25.0 Å². The first-order chi connectivity index (χ1) is 7.83. The van der Waals surface area contributed by atoms with Gasteiger partial charge in [0.05, 0.1) is 13.0 Å². The lowest BCUT2D eigenvalue weighted by Gasteiger charge is -2.03. The van der Waals surface area contributed by atoms with Gasteiger partial charge in [-0.25, -0.2) is 0 Å². The van der Waals surface area contributed by atoms with Crippen molar-refractivity contribution in [1.29, 1.82) is 0 Å². The summed E-state index contributed by atoms with van der Waals surface area (Å²) in [6.45, 7) is 2.74. The standard InChI is InChI=1S/C13H21NO2/c1-2-3-4-5-11-16-13(15)9-8-12-7-6-10-14-12/h6-7,10,14H,2-5,8-9,11H2,1H3. The molecule has 0 amide bonds. The molecule has 0 radical (unpaired) electrons. The molecule has 1 heterocycles. The van der Waals surface area contributed by atoms with Gasteiger partial charge in [-0.1, -0.05) is 26.2 Å². The molecule has 0 atom stereocenters. The third-order valence-electron chi connectivity index (χ3n) is 2.52. The molecule has 1 aromatic rings. The second-order valence-corrected chi connectivity index (χ2v) is 3.98. The lowest BCUT2D eigenvalue weighted by molar-refractivity contribution is -0.143. The number of ether oxygens (including phenoxy) is 1. The summed E-state index contributed by atoms with van der Waals surface area (Å²) in [6, 6.07) is 3.92. The van der Waals surface area contributed by atoms with E-state index < -0.39 is 0 Å². The molecule has 0 bridgehead atoms. The fourth-order valence-corrected chi connectivity index (χ4v) is 1.55. The van der Waals surface area contributed by atoms with Crippen LogP contribution in [0.3, 0.4) is 0 Å². The van der Waals surface area contributed by atoms with Crippen LogP contribution in [0.15, 0.2) is 18.3 Å². The van der Waals surface area contributed by atoms with Crippen LogP contribution in [-0.2, 0) is 16.0 Å². The average molecular weight is 223 g/mol. The predicted octanol–water partition coefficient (Wildman–Crippen LogP) is 3.07. The van der Waals surface area contributed by atoms with Crippen LogP contribution >= 0.6 is 0 Å². The van der Waals surface area contributed by atoms with Crippen molar-refractivity contribution in [2.45, 2.75) is 45.4 Å². The summed E-state index contributed by atoms with van der Waals surface area (Å²) in [7, 11) is 0. The molecule has 0 saturated heterocycles. The SMILES string of the molecule is CCCCCCOC(=O)CCc1ccc[nH]1. The van der Waals surface area contributed by atoms with E-state index in [1.165, 1.54) is 12.8 Å². The fraction of sp³-hybridized carbons (Fsp3) is 0.615. The maximum Gasteiger partial charge on any atom is 0.306 e. The molecule has 1 N–H and O–H groups in total. The van der Waals surface area contributed by atoms with Gasteiger partial charge < -0.3 is 9.72 Å². The van der Waals surface area contributed by atoms with Gasteiger partial charge in [-0.2, -0.15) is 0 Å². The molecule has 90 valence electrons. The number of carbonyl (C=O) groups is 1. The largest absolute Gasteiger partial charge is 0.466 e. The summed E-state index contributed by atoms with van der Waals surface area (Å²) >= 11 is 0. The number of aryl methyl sites for hydroxylation is 1. The Hall–Kier alpha value is -1.25. The third kappa shape index (κ3) is 5.59. The molecule has 16 heavy (non-hydrogen) atoms. The van der Waals surface area contributed by atoms with Gasteiger partial charge in [0, 0.05) is 11.9 Å². The van der Waals surface area contributed by atoms with Crippen molar-refractivity contribution in [1.82, 2.24) is 4.98 Å². The fourth-order valence-electron chi connectivity index (χ4n) is 1.55. The van der Waals surface area contributed by atoms with E-state index in [1.807, 2.05) is 18.3 Å². The highest BCUT2D eigenvalue weighted by Gasteiger charge is 2.03. The Labute approximate surface area is 97.2 Å². The highest BCUT2D eigenvalue weighted by atomic mass is 16.5. The van der Waals surface area contributed by atoms with E-state index in [1.54, 1.807) is 0 Å². The summed E-state index contributed by atoms with van der Waals surface area (Å²) in [5.74, 6) is -0.0916. The topological polar surface area (TPSA) is 42.1 Å². The molecular formula is C13H21NO2. The van der Waals surface area contributed by atoms with Crippen LogP contribution in [0.4, 0.5) is 0 Å². The van der Waals surface area contributed by atoms with E-state index in [9.17, 15) is 4.79 Å². The van der Waals surface area contributed by atoms with Crippen molar-refractivity contribution >= 4 is 5.97 Å². The van der Waals surface area contributed by atoms with Gasteiger partial charge in [0.25, 0.3) is 0 Å². The first-order valence-electron chi connectivity index (χ1n) is 6.11. The smallest absolute Gasteiger partial charge is 0.306 e. The number of aromatic amines is 1. The van der Waals surface area contributed by atoms with Crippen LogP contribution in [0.1, 0.15) is 44.7 Å². The zero-order valence-electron chi connectivity index (χ0n) is 10.00. The molecule has 0 aliphatic rings. The number of carbonyl (C=O) groups excluding carboxylic acids is 1. The van der Waals surface area contributed by atoms with Crippen molar-refractivity contribution in [3.05, 3.63) is 24.0 Å². The first kappa shape index (κ1) is 12.8. The number of hydrogen-bond acceptors (Lipinski definition) is 2. The third-order valence-corrected chi connectivity index (χ3v) is 2.52. The molecule has 1 aromatic heterocycles. The number of aromatic nitrogens is 1. The lowest BCUT2D eigenvalue weighted by atomic mass is 10.2. The van der Waals surface area contributed by atoms with Crippen molar-refractivity contribution in [2.75, 3.05) is 6.61 Å². The Kier molecular flexibility index (Phi) is 6.38. The van der Waals surface area contributed by atoms with Gasteiger partial charge in [-0.3, -0.25) is 4.79 Å². The minimum absolute atomic E-state index is 0.0916. The van der Waals surface area contributed by atoms with Crippen molar-refractivity contribution in [3.63, 3.8) is 0 Å². The summed E-state index contributed by atoms with van der Waals surface area (Å²) in [5, 5.41) is 0. The Bertz CT molecular complexity index is 280. The number of hydrogen-bond donors (Lipinski definition) is 1. The maximum atomic E-state index is 11.3. The van der Waals surface area contributed by atoms with Gasteiger partial charge in [0.15, 0.2) is 0 Å². The molecule has 3 heteroatoms. The first-order valence-corrected chi connectivity index (χ1v) is 6.11. The maximum absolute atomic E-state index is 11.3. The second kappa shape index (κ2) is 7.97. The molecule has 1 rings (SSSR count). The van der Waals surface area contributed by atoms with Gasteiger partial charge in [0.1, 0.15) is 0 Å². The normalized spacial score (nSPS) is 10.3. The molecule has 0 unspecified atom stereocenters. The Balaban J connectivity index is 1.99. The van der Waals surface area contributed by atoms with Crippen molar-refractivity contribution < 1.29 is 9.53 Å². The second-order valence-electron chi connectivity index (χ2n) is 3.98. The van der Waals surface area contributed by atoms with Crippen LogP contribution in [0.5, 0.6) is 0 Å². The monoisotopic (exact) mass is 223 g/mol. The molecule has 0 aliphatic carbocycles. The molecule has 0 aliphatic heterocycles. The summed E-state index contributed by atoms with van der Waals surface area (Å²) in [4.78, 5) is 14.4. The molecule has 0 saturated carbocycles. The van der Waals surface area contributed by atoms with Crippen LogP contribution in [0, 0.1) is 0 Å². The van der Waals surface area contributed by atoms with E-state index in [0.29, 0.717) is 13.0 Å². The number of rotatable bonds is 8. The van der Waals surface area contributed by atoms with Gasteiger partial charge in [0.2, 0.25) is 0 Å². The van der Waals surface area contributed by atoms with Crippen molar-refractivity contribution in [2.24, 2.45) is 0 Å². The van der Waals surface area contributed by atoms with Crippen molar-refractivity contribution in [3.8, 4) is 0 Å². The van der Waals surface area contributed by atoms with E-state index in [-0.39, 0.29) is 5.97 Å². The van der Waals surface area contributed by atoms with Crippen LogP contribution in [0.2, 0.25) is 0 Å². The molecule has 0 aromatic carbocycles. The molecule has 0 spiro atoms.